The fraction of sp³-hybridized carbons (Fsp3) is 0.125. The summed E-state index contributed by atoms with van der Waals surface area (Å²) in [6.45, 7) is 0. The molecule has 0 radical (unpaired) electrons. The van der Waals surface area contributed by atoms with E-state index < -0.39 is 17.8 Å². The smallest absolute Gasteiger partial charge is 0.337 e. The molecule has 2 rings (SSSR count). The van der Waals surface area contributed by atoms with Crippen LogP contribution in [0.4, 0.5) is 20.6 Å². The summed E-state index contributed by atoms with van der Waals surface area (Å²) < 4.78 is 23.7. The number of aromatic carboxylic acids is 1. The normalized spacial score (nSPS) is 9.96. The van der Waals surface area contributed by atoms with Crippen molar-refractivity contribution in [2.24, 2.45) is 0 Å². The molecule has 0 atom stereocenters. The van der Waals surface area contributed by atoms with Crippen molar-refractivity contribution < 1.29 is 28.6 Å². The Bertz CT molecular complexity index is 779. The molecule has 0 aromatic heterocycles. The third-order valence-corrected chi connectivity index (χ3v) is 3.12. The zero-order chi connectivity index (χ0) is 17.7. The molecule has 0 heterocycles. The number of methoxy groups -OCH3 is 2. The van der Waals surface area contributed by atoms with E-state index in [0.717, 1.165) is 0 Å². The quantitative estimate of drug-likeness (QED) is 0.780. The maximum atomic E-state index is 13.5. The van der Waals surface area contributed by atoms with Gasteiger partial charge in [-0.2, -0.15) is 0 Å². The number of carboxylic acids is 1. The number of anilines is 2. The second-order valence-electron chi connectivity index (χ2n) is 4.62. The molecule has 7 nitrogen and oxygen atoms in total. The number of carboxylic acid groups (broad SMARTS) is 1. The Morgan fingerprint density at radius 1 is 1.00 bits per heavy atom. The van der Waals surface area contributed by atoms with Crippen LogP contribution in [0.3, 0.4) is 0 Å². The zero-order valence-electron chi connectivity index (χ0n) is 12.9. The number of hydrogen-bond acceptors (Lipinski definition) is 4. The first-order valence-electron chi connectivity index (χ1n) is 6.78. The highest BCUT2D eigenvalue weighted by atomic mass is 19.1. The van der Waals surface area contributed by atoms with E-state index in [1.807, 2.05) is 0 Å². The van der Waals surface area contributed by atoms with Crippen molar-refractivity contribution >= 4 is 23.4 Å². The lowest BCUT2D eigenvalue weighted by molar-refractivity contribution is 0.0697. The molecule has 3 N–H and O–H groups in total. The van der Waals surface area contributed by atoms with Crippen LogP contribution in [0.2, 0.25) is 0 Å². The van der Waals surface area contributed by atoms with E-state index in [1.165, 1.54) is 44.6 Å². The maximum absolute atomic E-state index is 13.5. The molecule has 2 aromatic rings. The summed E-state index contributed by atoms with van der Waals surface area (Å²) in [5.41, 5.74) is -0.252. The SMILES string of the molecule is COc1cc(NC(=O)Nc2ccccc2F)c(C(=O)O)cc1OC. The highest BCUT2D eigenvalue weighted by Crippen LogP contribution is 2.33. The molecular formula is C16H15FN2O5. The van der Waals surface area contributed by atoms with E-state index in [-0.39, 0.29) is 28.4 Å². The lowest BCUT2D eigenvalue weighted by Gasteiger charge is -2.14. The van der Waals surface area contributed by atoms with Crippen molar-refractivity contribution in [3.63, 3.8) is 0 Å². The molecule has 0 unspecified atom stereocenters. The van der Waals surface area contributed by atoms with Gasteiger partial charge in [0, 0.05) is 12.1 Å². The maximum Gasteiger partial charge on any atom is 0.337 e. The fourth-order valence-electron chi connectivity index (χ4n) is 2.00. The summed E-state index contributed by atoms with van der Waals surface area (Å²) in [5.74, 6) is -1.44. The van der Waals surface area contributed by atoms with Crippen LogP contribution in [0, 0.1) is 5.82 Å². The predicted molar refractivity (Wildman–Crippen MR) is 85.5 cm³/mol. The molecule has 2 amide bonds. The first-order valence-corrected chi connectivity index (χ1v) is 6.78. The highest BCUT2D eigenvalue weighted by Gasteiger charge is 2.18. The largest absolute Gasteiger partial charge is 0.493 e. The monoisotopic (exact) mass is 334 g/mol. The van der Waals surface area contributed by atoms with Gasteiger partial charge in [0.1, 0.15) is 5.82 Å². The molecule has 0 spiro atoms. The molecule has 126 valence electrons. The lowest BCUT2D eigenvalue weighted by Crippen LogP contribution is -2.21. The first kappa shape index (κ1) is 17.1. The summed E-state index contributed by atoms with van der Waals surface area (Å²) in [5, 5.41) is 13.9. The van der Waals surface area contributed by atoms with E-state index >= 15 is 0 Å². The minimum Gasteiger partial charge on any atom is -0.493 e. The molecule has 2 aromatic carbocycles. The van der Waals surface area contributed by atoms with Crippen molar-refractivity contribution in [1.82, 2.24) is 0 Å². The number of benzene rings is 2. The summed E-state index contributed by atoms with van der Waals surface area (Å²) in [7, 11) is 2.74. The molecule has 0 fully saturated rings. The molecule has 0 aliphatic heterocycles. The van der Waals surface area contributed by atoms with Crippen molar-refractivity contribution in [2.45, 2.75) is 0 Å². The van der Waals surface area contributed by atoms with Crippen LogP contribution < -0.4 is 20.1 Å². The molecule has 0 bridgehead atoms. The molecule has 0 saturated carbocycles. The summed E-state index contributed by atoms with van der Waals surface area (Å²) >= 11 is 0. The van der Waals surface area contributed by atoms with Crippen LogP contribution in [0.1, 0.15) is 10.4 Å². The van der Waals surface area contributed by atoms with Crippen molar-refractivity contribution in [1.29, 1.82) is 0 Å². The van der Waals surface area contributed by atoms with Gasteiger partial charge >= 0.3 is 12.0 Å². The second-order valence-corrected chi connectivity index (χ2v) is 4.62. The third-order valence-electron chi connectivity index (χ3n) is 3.12. The van der Waals surface area contributed by atoms with Gasteiger partial charge < -0.3 is 25.2 Å². The Labute approximate surface area is 137 Å². The van der Waals surface area contributed by atoms with E-state index in [4.69, 9.17) is 9.47 Å². The number of carbonyl (C=O) groups excluding carboxylic acids is 1. The Hall–Kier alpha value is -3.29. The Morgan fingerprint density at radius 3 is 2.17 bits per heavy atom. The van der Waals surface area contributed by atoms with Crippen LogP contribution in [0.15, 0.2) is 36.4 Å². The number of carbonyl (C=O) groups is 2. The zero-order valence-corrected chi connectivity index (χ0v) is 12.9. The van der Waals surface area contributed by atoms with Crippen molar-refractivity contribution in [3.05, 3.63) is 47.8 Å². The van der Waals surface area contributed by atoms with Gasteiger partial charge in [-0.1, -0.05) is 12.1 Å². The van der Waals surface area contributed by atoms with Gasteiger partial charge in [-0.3, -0.25) is 0 Å². The average Bonchev–Trinajstić information content (AvgIpc) is 2.56. The van der Waals surface area contributed by atoms with Crippen LogP contribution >= 0.6 is 0 Å². The number of hydrogen-bond donors (Lipinski definition) is 3. The second kappa shape index (κ2) is 7.32. The predicted octanol–water partition coefficient (Wildman–Crippen LogP) is 3.19. The molecule has 24 heavy (non-hydrogen) atoms. The van der Waals surface area contributed by atoms with Gasteiger partial charge in [0.15, 0.2) is 11.5 Å². The van der Waals surface area contributed by atoms with Gasteiger partial charge in [-0.15, -0.1) is 0 Å². The minimum atomic E-state index is -1.27. The summed E-state index contributed by atoms with van der Waals surface area (Å²) in [6.07, 6.45) is 0. The van der Waals surface area contributed by atoms with E-state index in [9.17, 15) is 19.1 Å². The van der Waals surface area contributed by atoms with Gasteiger partial charge in [-0.05, 0) is 12.1 Å². The number of halogens is 1. The first-order chi connectivity index (χ1) is 11.5. The van der Waals surface area contributed by atoms with Crippen molar-refractivity contribution in [3.8, 4) is 11.5 Å². The van der Waals surface area contributed by atoms with Crippen LogP contribution in [0.25, 0.3) is 0 Å². The molecule has 0 saturated heterocycles. The fourth-order valence-corrected chi connectivity index (χ4v) is 2.00. The van der Waals surface area contributed by atoms with Gasteiger partial charge in [0.05, 0.1) is 31.2 Å². The molecule has 0 aliphatic carbocycles. The van der Waals surface area contributed by atoms with Crippen molar-refractivity contribution in [2.75, 3.05) is 24.9 Å². The Morgan fingerprint density at radius 2 is 1.58 bits per heavy atom. The number of rotatable bonds is 5. The molecule has 8 heteroatoms. The van der Waals surface area contributed by atoms with E-state index in [2.05, 4.69) is 10.6 Å². The number of para-hydroxylation sites is 1. The molecular weight excluding hydrogens is 319 g/mol. The standard InChI is InChI=1S/C16H15FN2O5/c1-23-13-7-9(15(20)21)12(8-14(13)24-2)19-16(22)18-11-6-4-3-5-10(11)17/h3-8H,1-2H3,(H,20,21)(H2,18,19,22). The number of ether oxygens (including phenoxy) is 2. The number of nitrogens with one attached hydrogen (secondary N) is 2. The highest BCUT2D eigenvalue weighted by molar-refractivity contribution is 6.05. The Balaban J connectivity index is 2.29. The number of amides is 2. The van der Waals surface area contributed by atoms with E-state index in [1.54, 1.807) is 6.07 Å². The van der Waals surface area contributed by atoms with Crippen LogP contribution in [-0.2, 0) is 0 Å². The third kappa shape index (κ3) is 3.72. The molecule has 0 aliphatic rings. The summed E-state index contributed by atoms with van der Waals surface area (Å²) in [4.78, 5) is 23.4. The van der Waals surface area contributed by atoms with E-state index in [0.29, 0.717) is 0 Å². The van der Waals surface area contributed by atoms with Gasteiger partial charge in [0.25, 0.3) is 0 Å². The number of urea groups is 1. The lowest BCUT2D eigenvalue weighted by atomic mass is 10.1. The summed E-state index contributed by atoms with van der Waals surface area (Å²) in [6, 6.07) is 7.33. The van der Waals surface area contributed by atoms with Gasteiger partial charge in [0.2, 0.25) is 0 Å². The minimum absolute atomic E-state index is 0.0195. The topological polar surface area (TPSA) is 96.9 Å². The van der Waals surface area contributed by atoms with Crippen LogP contribution in [0.5, 0.6) is 11.5 Å². The van der Waals surface area contributed by atoms with Gasteiger partial charge in [-0.25, -0.2) is 14.0 Å². The Kier molecular flexibility index (Phi) is 5.20. The average molecular weight is 334 g/mol. The van der Waals surface area contributed by atoms with Crippen LogP contribution in [-0.4, -0.2) is 31.3 Å².